The van der Waals surface area contributed by atoms with E-state index in [1.807, 2.05) is 53.1 Å². The van der Waals surface area contributed by atoms with E-state index in [2.05, 4.69) is 39.1 Å². The number of para-hydroxylation sites is 1. The number of hydrogen-bond donors (Lipinski definition) is 5. The fourth-order valence-electron chi connectivity index (χ4n) is 5.00. The first kappa shape index (κ1) is 33.2. The third-order valence-electron chi connectivity index (χ3n) is 7.04. The lowest BCUT2D eigenvalue weighted by molar-refractivity contribution is 0.424. The Labute approximate surface area is 266 Å². The highest BCUT2D eigenvalue weighted by molar-refractivity contribution is 9.10. The lowest BCUT2D eigenvalue weighted by atomic mass is 9.77. The Morgan fingerprint density at radius 3 is 1.82 bits per heavy atom. The molecule has 1 heterocycles. The van der Waals surface area contributed by atoms with Crippen LogP contribution in [0.5, 0.6) is 5.75 Å². The summed E-state index contributed by atoms with van der Waals surface area (Å²) in [5, 5.41) is 54.5. The van der Waals surface area contributed by atoms with Crippen LogP contribution in [0.4, 0.5) is 0 Å². The third-order valence-corrected chi connectivity index (χ3v) is 7.58. The van der Waals surface area contributed by atoms with Gasteiger partial charge in [0, 0.05) is 0 Å². The Bertz CT molecular complexity index is 1590. The largest absolute Gasteiger partial charge is 0.569 e. The van der Waals surface area contributed by atoms with Crippen molar-refractivity contribution in [2.24, 2.45) is 5.92 Å². The first-order chi connectivity index (χ1) is 21.2. The van der Waals surface area contributed by atoms with Crippen LogP contribution in [0.25, 0.3) is 5.69 Å². The predicted octanol–water partition coefficient (Wildman–Crippen LogP) is 1.93. The van der Waals surface area contributed by atoms with E-state index in [0.29, 0.717) is 43.6 Å². The van der Waals surface area contributed by atoms with E-state index >= 15 is 0 Å². The Kier molecular flexibility index (Phi) is 12.4. The third kappa shape index (κ3) is 9.65. The van der Waals surface area contributed by atoms with E-state index in [1.54, 1.807) is 48.8 Å². The highest BCUT2D eigenvalue weighted by Crippen LogP contribution is 2.22. The lowest BCUT2D eigenvalue weighted by Gasteiger charge is -2.19. The topological polar surface area (TPSA) is 141 Å². The minimum Gasteiger partial charge on any atom is -0.537 e. The van der Waals surface area contributed by atoms with Crippen LogP contribution in [-0.2, 0) is 19.3 Å². The van der Waals surface area contributed by atoms with Gasteiger partial charge in [0.25, 0.3) is 0 Å². The summed E-state index contributed by atoms with van der Waals surface area (Å²) in [7, 11) is -2.40. The second-order valence-electron chi connectivity index (χ2n) is 10.3. The van der Waals surface area contributed by atoms with Crippen LogP contribution < -0.4 is 15.6 Å². The molecule has 0 aliphatic rings. The van der Waals surface area contributed by atoms with Gasteiger partial charge in [0.1, 0.15) is 12.1 Å². The maximum atomic E-state index is 9.49. The van der Waals surface area contributed by atoms with Gasteiger partial charge >= 0.3 is 21.9 Å². The first-order valence-electron chi connectivity index (χ1n) is 14.0. The van der Waals surface area contributed by atoms with E-state index in [-0.39, 0.29) is 5.92 Å². The molecule has 0 spiro atoms. The summed E-state index contributed by atoms with van der Waals surface area (Å²) >= 11 is 3.33. The van der Waals surface area contributed by atoms with E-state index in [4.69, 9.17) is 9.68 Å². The van der Waals surface area contributed by atoms with Crippen LogP contribution in [0.2, 0.25) is 0 Å². The van der Waals surface area contributed by atoms with Crippen molar-refractivity contribution < 1.29 is 29.8 Å². The molecule has 0 atom stereocenters. The maximum Gasteiger partial charge on any atom is 0.569 e. The molecule has 5 N–H and O–H groups in total. The van der Waals surface area contributed by atoms with Crippen molar-refractivity contribution in [2.45, 2.75) is 26.2 Å². The fraction of sp³-hybridized carbons (Fsp3) is 0.161. The number of rotatable bonds is 11. The predicted molar refractivity (Wildman–Crippen MR) is 176 cm³/mol. The molecule has 0 aliphatic heterocycles. The zero-order valence-electron chi connectivity index (χ0n) is 24.1. The van der Waals surface area contributed by atoms with Crippen molar-refractivity contribution >= 4 is 48.8 Å². The van der Waals surface area contributed by atoms with Gasteiger partial charge in [-0.3, -0.25) is 4.57 Å². The molecule has 1 radical (unpaired) electrons. The van der Waals surface area contributed by atoms with Gasteiger partial charge in [-0.1, -0.05) is 78.9 Å². The molecule has 1 aromatic heterocycles. The van der Waals surface area contributed by atoms with Crippen molar-refractivity contribution in [1.29, 1.82) is 0 Å². The molecule has 0 saturated carbocycles. The Hall–Kier alpha value is -3.71. The summed E-state index contributed by atoms with van der Waals surface area (Å²) in [6, 6.07) is 30.0. The smallest absolute Gasteiger partial charge is 0.537 e. The molecule has 44 heavy (non-hydrogen) atoms. The summed E-state index contributed by atoms with van der Waals surface area (Å²) in [6.07, 6.45) is 3.76. The van der Waals surface area contributed by atoms with Crippen LogP contribution in [0.1, 0.15) is 22.3 Å². The molecule has 13 heteroatoms. The molecule has 9 nitrogen and oxygen atoms in total. The van der Waals surface area contributed by atoms with Gasteiger partial charge in [-0.05, 0) is 99.4 Å². The second kappa shape index (κ2) is 16.4. The normalized spacial score (nSPS) is 10.6. The fourth-order valence-corrected chi connectivity index (χ4v) is 5.37. The summed E-state index contributed by atoms with van der Waals surface area (Å²) in [5.74, 6) is 0.681. The van der Waals surface area contributed by atoms with E-state index in [1.165, 1.54) is 5.56 Å². The van der Waals surface area contributed by atoms with Crippen LogP contribution in [0, 0.1) is 12.8 Å². The molecule has 0 fully saturated rings. The average molecular weight is 655 g/mol. The van der Waals surface area contributed by atoms with Crippen molar-refractivity contribution in [3.8, 4) is 11.4 Å². The van der Waals surface area contributed by atoms with Crippen LogP contribution in [0.15, 0.2) is 108 Å². The molecule has 0 unspecified atom stereocenters. The maximum absolute atomic E-state index is 9.49. The molecule has 5 rings (SSSR count). The number of benzene rings is 4. The molecular weight excluding hydrogens is 623 g/mol. The number of nitrogens with zero attached hydrogens (tertiary/aromatic N) is 3. The summed E-state index contributed by atoms with van der Waals surface area (Å²) in [4.78, 5) is 0. The number of aromatic nitrogens is 3. The van der Waals surface area contributed by atoms with Crippen molar-refractivity contribution in [1.82, 2.24) is 14.8 Å². The first-order valence-corrected chi connectivity index (χ1v) is 14.8. The summed E-state index contributed by atoms with van der Waals surface area (Å²) in [5.41, 5.74) is 6.16. The number of hydrogen-bond acceptors (Lipinski definition) is 8. The standard InChI is InChI=1S/C22H24B3O6.C9H8BrN3/c26-23-31-22-9-3-6-18(15-22)12-19(10-16-4-1-7-20(13-16)24(27)28)11-17-5-2-8-21(14-17)25(29)30;1-7-4-2-3-5-8(7)13-6-11-12-9(13)10/h1-9,13-15,19,26-30H,10-12H2;2-6H,1H3. The quantitative estimate of drug-likeness (QED) is 0.136. The van der Waals surface area contributed by atoms with Crippen LogP contribution in [-0.4, -0.2) is 61.8 Å². The van der Waals surface area contributed by atoms with Crippen molar-refractivity contribution in [2.75, 3.05) is 0 Å². The average Bonchev–Trinajstić information content (AvgIpc) is 3.43. The van der Waals surface area contributed by atoms with Gasteiger partial charge in [-0.25, -0.2) is 0 Å². The molecule has 0 saturated heterocycles. The molecule has 5 aromatic rings. The van der Waals surface area contributed by atoms with Crippen molar-refractivity contribution in [3.63, 3.8) is 0 Å². The molecule has 0 aliphatic carbocycles. The highest BCUT2D eigenvalue weighted by Gasteiger charge is 2.17. The number of halogens is 1. The monoisotopic (exact) mass is 654 g/mol. The van der Waals surface area contributed by atoms with Gasteiger partial charge in [-0.15, -0.1) is 10.2 Å². The molecular formula is C31H32B3BrN3O6. The van der Waals surface area contributed by atoms with Gasteiger partial charge in [0.2, 0.25) is 4.73 Å². The van der Waals surface area contributed by atoms with Gasteiger partial charge < -0.3 is 29.8 Å². The SMILES string of the molecule is Cc1ccccc1-n1cnnc1Br.O[B]Oc1cccc(CC(Cc2cccc(B(O)O)c2)Cc2cccc(B(O)O)c2)c1. The van der Waals surface area contributed by atoms with Gasteiger partial charge in [-0.2, -0.15) is 0 Å². The van der Waals surface area contributed by atoms with E-state index in [0.717, 1.165) is 27.1 Å². The Morgan fingerprint density at radius 2 is 1.32 bits per heavy atom. The Balaban J connectivity index is 0.000000281. The second-order valence-corrected chi connectivity index (χ2v) is 11.1. The number of aryl methyl sites for hydroxylation is 1. The van der Waals surface area contributed by atoms with Crippen LogP contribution >= 0.6 is 15.9 Å². The molecule has 4 aromatic carbocycles. The molecule has 223 valence electrons. The highest BCUT2D eigenvalue weighted by atomic mass is 79.9. The van der Waals surface area contributed by atoms with Crippen molar-refractivity contribution in [3.05, 3.63) is 130 Å². The summed E-state index contributed by atoms with van der Waals surface area (Å²) in [6.45, 7) is 2.06. The van der Waals surface area contributed by atoms with E-state index < -0.39 is 14.2 Å². The lowest BCUT2D eigenvalue weighted by Crippen LogP contribution is -2.30. The molecule has 0 bridgehead atoms. The zero-order chi connectivity index (χ0) is 31.5. The van der Waals surface area contributed by atoms with Gasteiger partial charge in [0.15, 0.2) is 0 Å². The van der Waals surface area contributed by atoms with Crippen LogP contribution in [0.3, 0.4) is 0 Å². The minimum absolute atomic E-state index is 0.144. The zero-order valence-corrected chi connectivity index (χ0v) is 25.7. The Morgan fingerprint density at radius 1 is 0.773 bits per heavy atom. The van der Waals surface area contributed by atoms with Gasteiger partial charge in [0.05, 0.1) is 5.69 Å². The van der Waals surface area contributed by atoms with E-state index in [9.17, 15) is 20.1 Å². The summed E-state index contributed by atoms with van der Waals surface area (Å²) < 4.78 is 7.69. The minimum atomic E-state index is -1.52. The molecule has 0 amide bonds.